The predicted octanol–water partition coefficient (Wildman–Crippen LogP) is 4.93. The Kier molecular flexibility index (Phi) is 7.45. The Hall–Kier alpha value is -1.39. The summed E-state index contributed by atoms with van der Waals surface area (Å²) in [5.41, 5.74) is -0.286. The van der Waals surface area contributed by atoms with Crippen LogP contribution in [0.2, 0.25) is 0 Å². The van der Waals surface area contributed by atoms with E-state index in [-0.39, 0.29) is 12.3 Å². The first-order valence-electron chi connectivity index (χ1n) is 7.30. The molecule has 0 amide bonds. The van der Waals surface area contributed by atoms with E-state index < -0.39 is 19.0 Å². The minimum atomic E-state index is -2.64. The number of hydrogen-bond acceptors (Lipinski definition) is 6. The maximum absolute atomic E-state index is 12.8. The van der Waals surface area contributed by atoms with E-state index in [2.05, 4.69) is 9.97 Å². The fourth-order valence-electron chi connectivity index (χ4n) is 1.84. The van der Waals surface area contributed by atoms with Gasteiger partial charge in [0.05, 0.1) is 18.0 Å². The summed E-state index contributed by atoms with van der Waals surface area (Å²) >= 11 is 2.66. The van der Waals surface area contributed by atoms with Crippen LogP contribution >= 0.6 is 23.3 Å². The molecule has 1 unspecified atom stereocenters. The maximum Gasteiger partial charge on any atom is 0.280 e. The van der Waals surface area contributed by atoms with Crippen molar-refractivity contribution < 1.29 is 22.3 Å². The summed E-state index contributed by atoms with van der Waals surface area (Å²) < 4.78 is 57.2. The smallest absolute Gasteiger partial charge is 0.280 e. The normalized spacial score (nSPS) is 12.8. The van der Waals surface area contributed by atoms with Gasteiger partial charge in [-0.1, -0.05) is 18.0 Å². The van der Waals surface area contributed by atoms with Crippen molar-refractivity contribution in [3.05, 3.63) is 40.0 Å². The Balaban J connectivity index is 2.01. The fraction of sp³-hybridized carbons (Fsp3) is 0.467. The van der Waals surface area contributed by atoms with Crippen LogP contribution in [-0.4, -0.2) is 28.8 Å². The molecule has 2 rings (SSSR count). The van der Waals surface area contributed by atoms with Gasteiger partial charge in [0.1, 0.15) is 22.6 Å². The fourth-order valence-corrected chi connectivity index (χ4v) is 3.29. The van der Waals surface area contributed by atoms with Crippen LogP contribution in [0.15, 0.2) is 24.4 Å². The molecule has 2 aromatic heterocycles. The number of nitrogens with zero attached hydrogens (tertiary/aromatic N) is 3. The molecule has 0 saturated carbocycles. The monoisotopic (exact) mass is 395 g/mol. The van der Waals surface area contributed by atoms with Gasteiger partial charge in [-0.3, -0.25) is 4.31 Å². The molecule has 0 saturated heterocycles. The molecule has 0 aliphatic rings. The predicted molar refractivity (Wildman–Crippen MR) is 91.3 cm³/mol. The summed E-state index contributed by atoms with van der Waals surface area (Å²) in [5, 5.41) is 0.710. The third kappa shape index (κ3) is 5.82. The number of ether oxygens (including phenoxy) is 1. The SMILES string of the molecule is CSN(Cc1ncc(COC(C)C(F)F)s1)c1cccc(C(F)F)n1. The second-order valence-corrected chi connectivity index (χ2v) is 7.02. The van der Waals surface area contributed by atoms with Crippen molar-refractivity contribution in [2.24, 2.45) is 0 Å². The molecule has 1 atom stereocenters. The average molecular weight is 395 g/mol. The largest absolute Gasteiger partial charge is 0.367 e. The second kappa shape index (κ2) is 9.35. The van der Waals surface area contributed by atoms with Crippen LogP contribution in [0.3, 0.4) is 0 Å². The lowest BCUT2D eigenvalue weighted by Gasteiger charge is -2.19. The molecular weight excluding hydrogens is 378 g/mol. The zero-order valence-electron chi connectivity index (χ0n) is 13.5. The van der Waals surface area contributed by atoms with Crippen LogP contribution in [0.5, 0.6) is 0 Å². The van der Waals surface area contributed by atoms with Gasteiger partial charge in [0.25, 0.3) is 12.9 Å². The lowest BCUT2D eigenvalue weighted by molar-refractivity contribution is -0.0519. The van der Waals surface area contributed by atoms with E-state index in [1.807, 2.05) is 0 Å². The number of hydrogen-bond donors (Lipinski definition) is 0. The van der Waals surface area contributed by atoms with E-state index in [9.17, 15) is 17.6 Å². The molecule has 138 valence electrons. The molecule has 0 aromatic carbocycles. The average Bonchev–Trinajstić information content (AvgIpc) is 3.05. The van der Waals surface area contributed by atoms with Crippen molar-refractivity contribution >= 4 is 29.1 Å². The standard InChI is InChI=1S/C15H17F4N3OS2/c1-9(14(16)17)23-8-10-6-20-13(25-10)7-22(24-2)12-5-3-4-11(21-12)15(18)19/h3-6,9,14-15H,7-8H2,1-2H3. The zero-order chi connectivity index (χ0) is 18.4. The molecule has 0 aliphatic carbocycles. The first kappa shape index (κ1) is 19.9. The molecule has 0 fully saturated rings. The quantitative estimate of drug-likeness (QED) is 0.445. The second-order valence-electron chi connectivity index (χ2n) is 5.01. The van der Waals surface area contributed by atoms with Gasteiger partial charge in [0, 0.05) is 12.5 Å². The highest BCUT2D eigenvalue weighted by Gasteiger charge is 2.17. The summed E-state index contributed by atoms with van der Waals surface area (Å²) in [6, 6.07) is 4.44. The molecular formula is C15H17F4N3OS2. The Labute approximate surface area is 151 Å². The number of anilines is 1. The first-order chi connectivity index (χ1) is 11.9. The topological polar surface area (TPSA) is 38.2 Å². The summed E-state index contributed by atoms with van der Waals surface area (Å²) in [6.45, 7) is 1.72. The molecule has 25 heavy (non-hydrogen) atoms. The molecule has 0 radical (unpaired) electrons. The van der Waals surface area contributed by atoms with Crippen molar-refractivity contribution in [1.82, 2.24) is 9.97 Å². The van der Waals surface area contributed by atoms with Gasteiger partial charge in [-0.2, -0.15) is 0 Å². The number of rotatable bonds is 9. The molecule has 2 heterocycles. The minimum Gasteiger partial charge on any atom is -0.367 e. The van der Waals surface area contributed by atoms with Crippen molar-refractivity contribution in [2.45, 2.75) is 39.0 Å². The lowest BCUT2D eigenvalue weighted by atomic mass is 10.3. The van der Waals surface area contributed by atoms with E-state index in [0.717, 1.165) is 4.88 Å². The van der Waals surface area contributed by atoms with Crippen molar-refractivity contribution in [3.63, 3.8) is 0 Å². The lowest BCUT2D eigenvalue weighted by Crippen LogP contribution is -2.17. The minimum absolute atomic E-state index is 0.0571. The zero-order valence-corrected chi connectivity index (χ0v) is 15.2. The molecule has 2 aromatic rings. The molecule has 0 spiro atoms. The Bertz CT molecular complexity index is 672. The van der Waals surface area contributed by atoms with E-state index >= 15 is 0 Å². The highest BCUT2D eigenvalue weighted by molar-refractivity contribution is 7.99. The van der Waals surface area contributed by atoms with Crippen LogP contribution in [0, 0.1) is 0 Å². The number of thiazole rings is 1. The number of aromatic nitrogens is 2. The summed E-state index contributed by atoms with van der Waals surface area (Å²) in [5.74, 6) is 0.407. The van der Waals surface area contributed by atoms with Gasteiger partial charge in [-0.05, 0) is 19.1 Å². The van der Waals surface area contributed by atoms with Gasteiger partial charge < -0.3 is 4.74 Å². The Morgan fingerprint density at radius 2 is 2.04 bits per heavy atom. The number of alkyl halides is 4. The van der Waals surface area contributed by atoms with Gasteiger partial charge in [0.2, 0.25) is 0 Å². The number of pyridine rings is 1. The summed E-state index contributed by atoms with van der Waals surface area (Å²) in [6.07, 6.45) is -2.94. The highest BCUT2D eigenvalue weighted by atomic mass is 32.2. The first-order valence-corrected chi connectivity index (χ1v) is 9.30. The third-order valence-corrected chi connectivity index (χ3v) is 4.89. The van der Waals surface area contributed by atoms with Crippen LogP contribution in [0.25, 0.3) is 0 Å². The Morgan fingerprint density at radius 1 is 1.28 bits per heavy atom. The van der Waals surface area contributed by atoms with Gasteiger partial charge in [-0.25, -0.2) is 27.5 Å². The van der Waals surface area contributed by atoms with E-state index in [1.165, 1.54) is 42.3 Å². The number of halogens is 4. The van der Waals surface area contributed by atoms with Gasteiger partial charge in [0.15, 0.2) is 0 Å². The Morgan fingerprint density at radius 3 is 2.68 bits per heavy atom. The van der Waals surface area contributed by atoms with E-state index in [4.69, 9.17) is 4.74 Å². The molecule has 0 N–H and O–H groups in total. The molecule has 4 nitrogen and oxygen atoms in total. The van der Waals surface area contributed by atoms with Gasteiger partial charge >= 0.3 is 0 Å². The van der Waals surface area contributed by atoms with E-state index in [0.29, 0.717) is 17.4 Å². The van der Waals surface area contributed by atoms with Crippen molar-refractivity contribution in [1.29, 1.82) is 0 Å². The van der Waals surface area contributed by atoms with Crippen LogP contribution in [0.1, 0.15) is 28.9 Å². The molecule has 10 heteroatoms. The van der Waals surface area contributed by atoms with Crippen LogP contribution in [-0.2, 0) is 17.9 Å². The van der Waals surface area contributed by atoms with Crippen molar-refractivity contribution in [3.8, 4) is 0 Å². The van der Waals surface area contributed by atoms with E-state index in [1.54, 1.807) is 22.8 Å². The molecule has 0 aliphatic heterocycles. The van der Waals surface area contributed by atoms with Crippen LogP contribution in [0.4, 0.5) is 23.4 Å². The van der Waals surface area contributed by atoms with Crippen LogP contribution < -0.4 is 4.31 Å². The summed E-state index contributed by atoms with van der Waals surface area (Å²) in [4.78, 5) is 8.90. The maximum atomic E-state index is 12.8. The summed E-state index contributed by atoms with van der Waals surface area (Å²) in [7, 11) is 0. The third-order valence-electron chi connectivity index (χ3n) is 3.18. The molecule has 0 bridgehead atoms. The van der Waals surface area contributed by atoms with Crippen molar-refractivity contribution in [2.75, 3.05) is 10.6 Å². The highest BCUT2D eigenvalue weighted by Crippen LogP contribution is 2.26. The van der Waals surface area contributed by atoms with Gasteiger partial charge in [-0.15, -0.1) is 11.3 Å².